The molecular weight excluding hydrogens is 226 g/mol. The number of nitrogens with two attached hydrogens (primary N) is 1. The molecule has 1 aliphatic rings. The summed E-state index contributed by atoms with van der Waals surface area (Å²) < 4.78 is 5.74. The topological polar surface area (TPSA) is 51.4 Å². The van der Waals surface area contributed by atoms with Crippen LogP contribution >= 0.6 is 0 Å². The van der Waals surface area contributed by atoms with Crippen LogP contribution in [-0.2, 0) is 0 Å². The third-order valence-electron chi connectivity index (χ3n) is 3.02. The number of anilines is 3. The maximum absolute atomic E-state index is 5.76. The van der Waals surface area contributed by atoms with Gasteiger partial charge < -0.3 is 15.4 Å². The number of pyridine rings is 1. The minimum absolute atomic E-state index is 0.537. The second-order valence-electron chi connectivity index (χ2n) is 4.26. The lowest BCUT2D eigenvalue weighted by Gasteiger charge is -2.23. The Morgan fingerprint density at radius 3 is 3.00 bits per heavy atom. The van der Waals surface area contributed by atoms with Crippen molar-refractivity contribution in [3.63, 3.8) is 0 Å². The van der Waals surface area contributed by atoms with Gasteiger partial charge in [-0.2, -0.15) is 0 Å². The van der Waals surface area contributed by atoms with Crippen LogP contribution in [-0.4, -0.2) is 18.1 Å². The molecule has 0 saturated carbocycles. The summed E-state index contributed by atoms with van der Waals surface area (Å²) in [7, 11) is 0. The molecular formula is C14H15N3O. The van der Waals surface area contributed by atoms with E-state index in [0.717, 1.165) is 36.7 Å². The molecule has 0 amide bonds. The molecule has 4 heteroatoms. The molecule has 2 heterocycles. The lowest BCUT2D eigenvalue weighted by molar-refractivity contribution is 0.322. The summed E-state index contributed by atoms with van der Waals surface area (Å²) in [6, 6.07) is 11.9. The first-order valence-corrected chi connectivity index (χ1v) is 6.05. The minimum Gasteiger partial charge on any atom is -0.491 e. The summed E-state index contributed by atoms with van der Waals surface area (Å²) >= 11 is 0. The van der Waals surface area contributed by atoms with Crippen molar-refractivity contribution >= 4 is 17.2 Å². The summed E-state index contributed by atoms with van der Waals surface area (Å²) in [5.74, 6) is 1.46. The predicted octanol–water partition coefficient (Wildman–Crippen LogP) is 2.58. The van der Waals surface area contributed by atoms with Gasteiger partial charge in [-0.3, -0.25) is 0 Å². The van der Waals surface area contributed by atoms with Gasteiger partial charge >= 0.3 is 0 Å². The van der Waals surface area contributed by atoms with Gasteiger partial charge in [0.2, 0.25) is 0 Å². The molecule has 0 aliphatic carbocycles. The zero-order valence-corrected chi connectivity index (χ0v) is 10.0. The van der Waals surface area contributed by atoms with E-state index in [0.29, 0.717) is 5.82 Å². The molecule has 0 fully saturated rings. The van der Waals surface area contributed by atoms with E-state index in [1.807, 2.05) is 30.3 Å². The molecule has 3 rings (SSSR count). The normalized spacial score (nSPS) is 14.6. The van der Waals surface area contributed by atoms with Gasteiger partial charge in [-0.1, -0.05) is 12.1 Å². The Morgan fingerprint density at radius 1 is 1.22 bits per heavy atom. The summed E-state index contributed by atoms with van der Waals surface area (Å²) in [4.78, 5) is 6.26. The third kappa shape index (κ3) is 1.97. The van der Waals surface area contributed by atoms with Crippen LogP contribution in [0.4, 0.5) is 17.2 Å². The second-order valence-corrected chi connectivity index (χ2v) is 4.26. The van der Waals surface area contributed by atoms with Crippen LogP contribution in [0.25, 0.3) is 0 Å². The fourth-order valence-corrected chi connectivity index (χ4v) is 2.20. The molecule has 4 nitrogen and oxygen atoms in total. The van der Waals surface area contributed by atoms with Gasteiger partial charge in [-0.15, -0.1) is 0 Å². The quantitative estimate of drug-likeness (QED) is 0.833. The van der Waals surface area contributed by atoms with Gasteiger partial charge in [-0.25, -0.2) is 4.98 Å². The molecule has 1 aromatic carbocycles. The van der Waals surface area contributed by atoms with Gasteiger partial charge in [0.1, 0.15) is 11.6 Å². The number of nitrogens with zero attached hydrogens (tertiary/aromatic N) is 2. The molecule has 1 aromatic heterocycles. The van der Waals surface area contributed by atoms with E-state index in [1.54, 1.807) is 6.20 Å². The molecule has 1 aliphatic heterocycles. The third-order valence-corrected chi connectivity index (χ3v) is 3.02. The molecule has 0 saturated heterocycles. The van der Waals surface area contributed by atoms with E-state index in [9.17, 15) is 0 Å². The zero-order chi connectivity index (χ0) is 12.4. The minimum atomic E-state index is 0.537. The predicted molar refractivity (Wildman–Crippen MR) is 72.2 cm³/mol. The number of nitrogen functional groups attached to an aromatic ring is 1. The lowest BCUT2D eigenvalue weighted by Crippen LogP contribution is -2.17. The van der Waals surface area contributed by atoms with Crippen molar-refractivity contribution in [3.05, 3.63) is 42.6 Å². The Bertz CT molecular complexity index is 556. The van der Waals surface area contributed by atoms with Crippen LogP contribution in [0.15, 0.2) is 42.6 Å². The number of rotatable bonds is 1. The number of hydrogen-bond donors (Lipinski definition) is 1. The first kappa shape index (κ1) is 10.9. The standard InChI is InChI=1S/C14H15N3O/c15-14-10-11(6-7-16-14)17-8-3-9-18-13-5-2-1-4-12(13)17/h1-2,4-7,10H,3,8-9H2,(H2,15,16). The van der Waals surface area contributed by atoms with E-state index in [1.165, 1.54) is 0 Å². The Kier molecular flexibility index (Phi) is 2.76. The van der Waals surface area contributed by atoms with Crippen molar-refractivity contribution in [3.8, 4) is 5.75 Å². The Hall–Kier alpha value is -2.23. The molecule has 0 radical (unpaired) electrons. The smallest absolute Gasteiger partial charge is 0.142 e. The largest absolute Gasteiger partial charge is 0.491 e. The average molecular weight is 241 g/mol. The van der Waals surface area contributed by atoms with Gasteiger partial charge in [-0.05, 0) is 24.6 Å². The summed E-state index contributed by atoms with van der Waals surface area (Å²) in [6.07, 6.45) is 2.72. The SMILES string of the molecule is Nc1cc(N2CCCOc3ccccc32)ccn1. The number of ether oxygens (including phenoxy) is 1. The molecule has 18 heavy (non-hydrogen) atoms. The maximum atomic E-state index is 5.76. The number of benzene rings is 1. The van der Waals surface area contributed by atoms with Gasteiger partial charge in [0.25, 0.3) is 0 Å². The van der Waals surface area contributed by atoms with E-state index in [2.05, 4.69) is 16.0 Å². The molecule has 0 bridgehead atoms. The monoisotopic (exact) mass is 241 g/mol. The maximum Gasteiger partial charge on any atom is 0.142 e. The van der Waals surface area contributed by atoms with E-state index in [-0.39, 0.29) is 0 Å². The Morgan fingerprint density at radius 2 is 2.11 bits per heavy atom. The first-order chi connectivity index (χ1) is 8.84. The van der Waals surface area contributed by atoms with Crippen molar-refractivity contribution in [2.75, 3.05) is 23.8 Å². The van der Waals surface area contributed by atoms with Crippen LogP contribution in [0, 0.1) is 0 Å². The first-order valence-electron chi connectivity index (χ1n) is 6.05. The second kappa shape index (κ2) is 4.56. The van der Waals surface area contributed by atoms with E-state index < -0.39 is 0 Å². The fraction of sp³-hybridized carbons (Fsp3) is 0.214. The van der Waals surface area contributed by atoms with E-state index >= 15 is 0 Å². The molecule has 0 atom stereocenters. The van der Waals surface area contributed by atoms with Crippen LogP contribution < -0.4 is 15.4 Å². The van der Waals surface area contributed by atoms with Crippen molar-refractivity contribution in [2.24, 2.45) is 0 Å². The number of aromatic nitrogens is 1. The van der Waals surface area contributed by atoms with Gasteiger partial charge in [0.15, 0.2) is 0 Å². The average Bonchev–Trinajstić information content (AvgIpc) is 2.61. The lowest BCUT2D eigenvalue weighted by atomic mass is 10.2. The van der Waals surface area contributed by atoms with Crippen molar-refractivity contribution in [2.45, 2.75) is 6.42 Å². The highest BCUT2D eigenvalue weighted by molar-refractivity contribution is 5.70. The number of fused-ring (bicyclic) bond motifs is 1. The van der Waals surface area contributed by atoms with Crippen molar-refractivity contribution in [1.82, 2.24) is 4.98 Å². The van der Waals surface area contributed by atoms with Crippen LogP contribution in [0.5, 0.6) is 5.75 Å². The van der Waals surface area contributed by atoms with Crippen LogP contribution in [0.1, 0.15) is 6.42 Å². The van der Waals surface area contributed by atoms with Gasteiger partial charge in [0.05, 0.1) is 12.3 Å². The summed E-state index contributed by atoms with van der Waals surface area (Å²) in [6.45, 7) is 1.66. The molecule has 0 unspecified atom stereocenters. The highest BCUT2D eigenvalue weighted by atomic mass is 16.5. The van der Waals surface area contributed by atoms with Crippen LogP contribution in [0.2, 0.25) is 0 Å². The summed E-state index contributed by atoms with van der Waals surface area (Å²) in [5, 5.41) is 0. The van der Waals surface area contributed by atoms with Crippen LogP contribution in [0.3, 0.4) is 0 Å². The van der Waals surface area contributed by atoms with Crippen molar-refractivity contribution < 1.29 is 4.74 Å². The highest BCUT2D eigenvalue weighted by Gasteiger charge is 2.17. The Labute approximate surface area is 106 Å². The number of hydrogen-bond acceptors (Lipinski definition) is 4. The Balaban J connectivity index is 2.06. The van der Waals surface area contributed by atoms with Crippen molar-refractivity contribution in [1.29, 1.82) is 0 Å². The molecule has 0 spiro atoms. The molecule has 92 valence electrons. The highest BCUT2D eigenvalue weighted by Crippen LogP contribution is 2.35. The molecule has 2 N–H and O–H groups in total. The van der Waals surface area contributed by atoms with Gasteiger partial charge in [0, 0.05) is 24.5 Å². The van der Waals surface area contributed by atoms with E-state index in [4.69, 9.17) is 10.5 Å². The zero-order valence-electron chi connectivity index (χ0n) is 10.0. The fourth-order valence-electron chi connectivity index (χ4n) is 2.20. The summed E-state index contributed by atoms with van der Waals surface area (Å²) in [5.41, 5.74) is 7.90. The number of para-hydroxylation sites is 2. The molecule has 2 aromatic rings.